The number of ether oxygens (including phenoxy) is 2. The first-order valence-corrected chi connectivity index (χ1v) is 8.70. The number of nitrogens with zero attached hydrogens (tertiary/aromatic N) is 1. The summed E-state index contributed by atoms with van der Waals surface area (Å²) in [6, 6.07) is 1.76. The number of β-amino-alcohol motifs (C(OH)–C–C–N with tert-alkyl or cyclic N) is 1. The van der Waals surface area contributed by atoms with Crippen molar-refractivity contribution in [2.45, 2.75) is 19.9 Å². The van der Waals surface area contributed by atoms with Crippen molar-refractivity contribution in [3.63, 3.8) is 0 Å². The van der Waals surface area contributed by atoms with E-state index in [1.54, 1.807) is 19.9 Å². The molecular formula is C17H20Cl2N2O5. The number of hydrogen-bond acceptors (Lipinski definition) is 5. The lowest BCUT2D eigenvalue weighted by Gasteiger charge is -2.35. The van der Waals surface area contributed by atoms with Crippen LogP contribution in [0.5, 0.6) is 5.75 Å². The zero-order valence-corrected chi connectivity index (χ0v) is 16.1. The van der Waals surface area contributed by atoms with Crippen LogP contribution in [0, 0.1) is 0 Å². The van der Waals surface area contributed by atoms with Gasteiger partial charge in [0.2, 0.25) is 0 Å². The number of carbonyl (C=O) groups is 2. The molecule has 7 nitrogen and oxygen atoms in total. The molecule has 2 amide bonds. The maximum Gasteiger partial charge on any atom is 0.338 e. The lowest BCUT2D eigenvalue weighted by atomic mass is 9.94. The largest absolute Gasteiger partial charge is 0.495 e. The molecule has 0 spiro atoms. The smallest absolute Gasteiger partial charge is 0.338 e. The number of urea groups is 1. The molecule has 0 saturated carbocycles. The minimum atomic E-state index is -0.859. The molecule has 0 aliphatic carbocycles. The Kier molecular flexibility index (Phi) is 6.75. The van der Waals surface area contributed by atoms with Crippen molar-refractivity contribution >= 4 is 35.2 Å². The maximum absolute atomic E-state index is 12.6. The molecule has 2 rings (SSSR count). The second-order valence-corrected chi connectivity index (χ2v) is 6.33. The van der Waals surface area contributed by atoms with Crippen LogP contribution in [0.1, 0.15) is 25.5 Å². The zero-order chi connectivity index (χ0) is 19.4. The Morgan fingerprint density at radius 2 is 2.08 bits per heavy atom. The Morgan fingerprint density at radius 3 is 2.65 bits per heavy atom. The summed E-state index contributed by atoms with van der Waals surface area (Å²) in [6.07, 6.45) is 0. The summed E-state index contributed by atoms with van der Waals surface area (Å²) in [6.45, 7) is 3.26. The van der Waals surface area contributed by atoms with Crippen LogP contribution < -0.4 is 10.1 Å². The highest BCUT2D eigenvalue weighted by atomic mass is 35.5. The lowest BCUT2D eigenvalue weighted by molar-refractivity contribution is -0.139. The van der Waals surface area contributed by atoms with E-state index in [9.17, 15) is 14.7 Å². The van der Waals surface area contributed by atoms with Gasteiger partial charge in [-0.2, -0.15) is 0 Å². The first-order valence-electron chi connectivity index (χ1n) is 7.95. The van der Waals surface area contributed by atoms with Crippen molar-refractivity contribution in [2.24, 2.45) is 0 Å². The van der Waals surface area contributed by atoms with Crippen LogP contribution in [0.25, 0.3) is 0 Å². The number of amides is 2. The van der Waals surface area contributed by atoms with Gasteiger partial charge in [-0.15, -0.1) is 0 Å². The van der Waals surface area contributed by atoms with Gasteiger partial charge in [0.05, 0.1) is 43.5 Å². The van der Waals surface area contributed by atoms with Crippen molar-refractivity contribution < 1.29 is 24.2 Å². The summed E-state index contributed by atoms with van der Waals surface area (Å²) < 4.78 is 10.5. The highest BCUT2D eigenvalue weighted by molar-refractivity contribution is 6.35. The third-order valence-corrected chi connectivity index (χ3v) is 4.47. The summed E-state index contributed by atoms with van der Waals surface area (Å²) in [5, 5.41) is 12.5. The Morgan fingerprint density at radius 1 is 1.38 bits per heavy atom. The van der Waals surface area contributed by atoms with E-state index in [-0.39, 0.29) is 30.4 Å². The fraction of sp³-hybridized carbons (Fsp3) is 0.412. The fourth-order valence-corrected chi connectivity index (χ4v) is 3.45. The van der Waals surface area contributed by atoms with Crippen LogP contribution in [0.15, 0.2) is 23.4 Å². The highest BCUT2D eigenvalue weighted by Gasteiger charge is 2.38. The van der Waals surface area contributed by atoms with E-state index in [1.807, 2.05) is 0 Å². The van der Waals surface area contributed by atoms with Crippen LogP contribution in [0.4, 0.5) is 4.79 Å². The van der Waals surface area contributed by atoms with Gasteiger partial charge in [0.25, 0.3) is 0 Å². The van der Waals surface area contributed by atoms with Crippen LogP contribution in [-0.2, 0) is 9.53 Å². The number of halogens is 2. The van der Waals surface area contributed by atoms with Crippen LogP contribution in [-0.4, -0.2) is 48.9 Å². The van der Waals surface area contributed by atoms with Crippen LogP contribution >= 0.6 is 23.2 Å². The highest BCUT2D eigenvalue weighted by Crippen LogP contribution is 2.41. The summed E-state index contributed by atoms with van der Waals surface area (Å²) in [5.41, 5.74) is 1.03. The molecule has 142 valence electrons. The lowest BCUT2D eigenvalue weighted by Crippen LogP contribution is -2.49. The summed E-state index contributed by atoms with van der Waals surface area (Å²) in [7, 11) is 1.43. The number of allylic oxidation sites excluding steroid dienone is 1. The topological polar surface area (TPSA) is 88.1 Å². The third-order valence-electron chi connectivity index (χ3n) is 3.97. The number of esters is 1. The Labute approximate surface area is 161 Å². The van der Waals surface area contributed by atoms with Crippen molar-refractivity contribution in [1.29, 1.82) is 0 Å². The molecule has 1 aliphatic heterocycles. The van der Waals surface area contributed by atoms with Gasteiger partial charge < -0.3 is 19.9 Å². The summed E-state index contributed by atoms with van der Waals surface area (Å²) in [5.74, 6) is -0.289. The number of benzene rings is 1. The minimum absolute atomic E-state index is 0.0424. The average molecular weight is 403 g/mol. The average Bonchev–Trinajstić information content (AvgIpc) is 2.57. The van der Waals surface area contributed by atoms with E-state index in [4.69, 9.17) is 32.7 Å². The van der Waals surface area contributed by atoms with Crippen molar-refractivity contribution in [2.75, 3.05) is 26.9 Å². The SMILES string of the molecule is CCOC(=O)C1=C(C)N(CCO)C(=O)N[C@@H]1c1cc(Cl)cc(Cl)c1OC. The second-order valence-electron chi connectivity index (χ2n) is 5.49. The zero-order valence-electron chi connectivity index (χ0n) is 14.6. The molecule has 0 aromatic heterocycles. The monoisotopic (exact) mass is 402 g/mol. The molecular weight excluding hydrogens is 383 g/mol. The molecule has 0 unspecified atom stereocenters. The van der Waals surface area contributed by atoms with E-state index >= 15 is 0 Å². The fourth-order valence-electron chi connectivity index (χ4n) is 2.87. The number of carbonyl (C=O) groups excluding carboxylic acids is 2. The Balaban J connectivity index is 2.66. The van der Waals surface area contributed by atoms with Crippen molar-refractivity contribution in [3.05, 3.63) is 39.0 Å². The van der Waals surface area contributed by atoms with E-state index in [0.29, 0.717) is 22.0 Å². The Hall–Kier alpha value is -1.96. The molecule has 0 bridgehead atoms. The van der Waals surface area contributed by atoms with E-state index < -0.39 is 18.0 Å². The van der Waals surface area contributed by atoms with Gasteiger partial charge in [-0.05, 0) is 26.0 Å². The van der Waals surface area contributed by atoms with Gasteiger partial charge >= 0.3 is 12.0 Å². The predicted octanol–water partition coefficient (Wildman–Crippen LogP) is 2.90. The van der Waals surface area contributed by atoms with Crippen molar-refractivity contribution in [1.82, 2.24) is 10.2 Å². The van der Waals surface area contributed by atoms with Gasteiger partial charge in [-0.25, -0.2) is 9.59 Å². The first kappa shape index (κ1) is 20.4. The molecule has 26 heavy (non-hydrogen) atoms. The van der Waals surface area contributed by atoms with Gasteiger partial charge in [-0.3, -0.25) is 4.90 Å². The number of aliphatic hydroxyl groups is 1. The van der Waals surface area contributed by atoms with Gasteiger partial charge in [0.1, 0.15) is 5.75 Å². The second kappa shape index (κ2) is 8.62. The van der Waals surface area contributed by atoms with Crippen LogP contribution in [0.2, 0.25) is 10.0 Å². The van der Waals surface area contributed by atoms with E-state index in [1.165, 1.54) is 18.1 Å². The number of aliphatic hydroxyl groups excluding tert-OH is 1. The van der Waals surface area contributed by atoms with Gasteiger partial charge in [0, 0.05) is 16.3 Å². The molecule has 1 heterocycles. The molecule has 0 radical (unpaired) electrons. The van der Waals surface area contributed by atoms with Crippen molar-refractivity contribution in [3.8, 4) is 5.75 Å². The van der Waals surface area contributed by atoms with E-state index in [0.717, 1.165) is 0 Å². The standard InChI is InChI=1S/C17H20Cl2N2O5/c1-4-26-16(23)13-9(2)21(5-6-22)17(24)20-14(13)11-7-10(18)8-12(19)15(11)25-3/h7-8,14,22H,4-6H2,1-3H3,(H,20,24)/t14-/m1/s1. The molecule has 1 aromatic rings. The Bertz CT molecular complexity index is 751. The van der Waals surface area contributed by atoms with Gasteiger partial charge in [0.15, 0.2) is 0 Å². The quantitative estimate of drug-likeness (QED) is 0.714. The normalized spacial score (nSPS) is 17.2. The molecule has 0 saturated heterocycles. The number of methoxy groups -OCH3 is 1. The summed E-state index contributed by atoms with van der Waals surface area (Å²) in [4.78, 5) is 26.4. The minimum Gasteiger partial charge on any atom is -0.495 e. The molecule has 9 heteroatoms. The molecule has 0 fully saturated rings. The third kappa shape index (κ3) is 3.90. The summed E-state index contributed by atoms with van der Waals surface area (Å²) >= 11 is 12.3. The van der Waals surface area contributed by atoms with Crippen LogP contribution in [0.3, 0.4) is 0 Å². The predicted molar refractivity (Wildman–Crippen MR) is 97.4 cm³/mol. The van der Waals surface area contributed by atoms with Gasteiger partial charge in [-0.1, -0.05) is 23.2 Å². The molecule has 1 aromatic carbocycles. The molecule has 2 N–H and O–H groups in total. The number of rotatable bonds is 6. The number of hydrogen-bond donors (Lipinski definition) is 2. The maximum atomic E-state index is 12.6. The molecule has 1 aliphatic rings. The number of nitrogens with one attached hydrogen (secondary N) is 1. The van der Waals surface area contributed by atoms with E-state index in [2.05, 4.69) is 5.32 Å². The first-order chi connectivity index (χ1) is 12.3. The molecule has 1 atom stereocenters.